The monoisotopic (exact) mass is 251 g/mol. The van der Waals surface area contributed by atoms with Gasteiger partial charge in [-0.1, -0.05) is 19.3 Å². The van der Waals surface area contributed by atoms with E-state index < -0.39 is 18.2 Å². The van der Waals surface area contributed by atoms with Crippen LogP contribution in [-0.4, -0.2) is 24.3 Å². The zero-order valence-corrected chi connectivity index (χ0v) is 9.30. The van der Waals surface area contributed by atoms with E-state index >= 15 is 0 Å². The molecule has 98 valence electrons. The molecule has 0 bridgehead atoms. The lowest BCUT2D eigenvalue weighted by Gasteiger charge is -2.19. The van der Waals surface area contributed by atoms with Crippen molar-refractivity contribution in [3.63, 3.8) is 0 Å². The van der Waals surface area contributed by atoms with Crippen LogP contribution < -0.4 is 16.8 Å². The molecule has 0 aliphatic heterocycles. The molecular formula is C9H16F3N5. The molecule has 1 aliphatic rings. The predicted octanol–water partition coefficient (Wildman–Crippen LogP) is 1.06. The van der Waals surface area contributed by atoms with Crippen molar-refractivity contribution in [3.05, 3.63) is 0 Å². The van der Waals surface area contributed by atoms with Crippen molar-refractivity contribution >= 4 is 11.9 Å². The fourth-order valence-electron chi connectivity index (χ4n) is 1.72. The molecule has 0 atom stereocenters. The van der Waals surface area contributed by atoms with Crippen LogP contribution in [0.5, 0.6) is 0 Å². The van der Waals surface area contributed by atoms with Gasteiger partial charge in [0.05, 0.1) is 6.04 Å². The van der Waals surface area contributed by atoms with Crippen molar-refractivity contribution in [2.75, 3.05) is 0 Å². The molecule has 0 aromatic rings. The molecule has 0 radical (unpaired) electrons. The Bertz CT molecular complexity index is 300. The van der Waals surface area contributed by atoms with Crippen LogP contribution in [0.25, 0.3) is 0 Å². The molecule has 0 aromatic carbocycles. The van der Waals surface area contributed by atoms with Crippen LogP contribution in [0.4, 0.5) is 13.2 Å². The maximum atomic E-state index is 12.2. The maximum absolute atomic E-state index is 12.2. The van der Waals surface area contributed by atoms with Gasteiger partial charge in [-0.3, -0.25) is 5.32 Å². The van der Waals surface area contributed by atoms with Crippen molar-refractivity contribution in [2.45, 2.75) is 44.4 Å². The molecule has 0 unspecified atom stereocenters. The smallest absolute Gasteiger partial charge is 0.370 e. The second kappa shape index (κ2) is 5.74. The molecule has 0 amide bonds. The molecule has 0 spiro atoms. The van der Waals surface area contributed by atoms with Crippen molar-refractivity contribution in [2.24, 2.45) is 21.5 Å². The van der Waals surface area contributed by atoms with Gasteiger partial charge in [0.15, 0.2) is 5.96 Å². The maximum Gasteiger partial charge on any atom is 0.484 e. The number of hydrogen-bond acceptors (Lipinski definition) is 1. The molecule has 0 heterocycles. The minimum Gasteiger partial charge on any atom is -0.370 e. The lowest BCUT2D eigenvalue weighted by molar-refractivity contribution is -0.142. The van der Waals surface area contributed by atoms with Gasteiger partial charge < -0.3 is 11.5 Å². The first-order chi connectivity index (χ1) is 7.87. The second-order valence-corrected chi connectivity index (χ2v) is 3.90. The summed E-state index contributed by atoms with van der Waals surface area (Å²) in [5.74, 6) is -1.01. The highest BCUT2D eigenvalue weighted by atomic mass is 19.4. The molecule has 5 nitrogen and oxygen atoms in total. The number of hydrogen-bond donors (Lipinski definition) is 3. The molecule has 1 aliphatic carbocycles. The minimum atomic E-state index is -4.59. The van der Waals surface area contributed by atoms with Crippen molar-refractivity contribution in [1.82, 2.24) is 5.32 Å². The summed E-state index contributed by atoms with van der Waals surface area (Å²) in [4.78, 5) is 7.25. The zero-order chi connectivity index (χ0) is 12.9. The van der Waals surface area contributed by atoms with Crippen molar-refractivity contribution in [3.8, 4) is 0 Å². The van der Waals surface area contributed by atoms with Crippen LogP contribution in [0.1, 0.15) is 32.1 Å². The summed E-state index contributed by atoms with van der Waals surface area (Å²) in [5.41, 5.74) is 10.1. The van der Waals surface area contributed by atoms with E-state index in [0.29, 0.717) is 0 Å². The molecule has 1 fully saturated rings. The first kappa shape index (κ1) is 13.6. The quantitative estimate of drug-likeness (QED) is 0.370. The molecular weight excluding hydrogens is 235 g/mol. The number of nitrogens with zero attached hydrogens (tertiary/aromatic N) is 2. The molecule has 8 heteroatoms. The van der Waals surface area contributed by atoms with Gasteiger partial charge in [-0.15, -0.1) is 0 Å². The lowest BCUT2D eigenvalue weighted by atomic mass is 9.96. The highest BCUT2D eigenvalue weighted by Gasteiger charge is 2.29. The van der Waals surface area contributed by atoms with E-state index in [0.717, 1.165) is 32.1 Å². The Labute approximate surface area is 97.2 Å². The van der Waals surface area contributed by atoms with Crippen LogP contribution in [0, 0.1) is 0 Å². The summed E-state index contributed by atoms with van der Waals surface area (Å²) in [6, 6.07) is -0.142. The second-order valence-electron chi connectivity index (χ2n) is 3.90. The van der Waals surface area contributed by atoms with E-state index in [-0.39, 0.29) is 6.04 Å². The number of nitrogens with one attached hydrogen (secondary N) is 1. The summed E-state index contributed by atoms with van der Waals surface area (Å²) < 4.78 is 36.5. The highest BCUT2D eigenvalue weighted by molar-refractivity contribution is 5.93. The van der Waals surface area contributed by atoms with Gasteiger partial charge in [0, 0.05) is 0 Å². The van der Waals surface area contributed by atoms with E-state index in [2.05, 4.69) is 9.98 Å². The number of halogens is 3. The van der Waals surface area contributed by atoms with Gasteiger partial charge in [-0.25, -0.2) is 4.99 Å². The van der Waals surface area contributed by atoms with Crippen molar-refractivity contribution < 1.29 is 13.2 Å². The van der Waals surface area contributed by atoms with Crippen LogP contribution in [-0.2, 0) is 0 Å². The van der Waals surface area contributed by atoms with Gasteiger partial charge in [-0.2, -0.15) is 18.2 Å². The van der Waals surface area contributed by atoms with Gasteiger partial charge in [0.2, 0.25) is 5.96 Å². The number of alkyl halides is 3. The number of nitrogens with two attached hydrogens (primary N) is 2. The highest BCUT2D eigenvalue weighted by Crippen LogP contribution is 2.20. The topological polar surface area (TPSA) is 88.8 Å². The van der Waals surface area contributed by atoms with E-state index in [9.17, 15) is 13.2 Å². The normalized spacial score (nSPS) is 18.9. The summed E-state index contributed by atoms with van der Waals surface area (Å²) in [6.45, 7) is 0. The van der Waals surface area contributed by atoms with E-state index in [1.165, 1.54) is 5.32 Å². The SMILES string of the molecule is NC(N)=NC(=NC1CCCCC1)NC(F)(F)F. The van der Waals surface area contributed by atoms with Gasteiger partial charge in [0.1, 0.15) is 0 Å². The largest absolute Gasteiger partial charge is 0.484 e. The standard InChI is InChI=1S/C9H16F3N5/c10-9(11,12)17-8(16-7(13)14)15-6-4-2-1-3-5-6/h6H,1-5H2,(H5,13,14,15,16,17). The fourth-order valence-corrected chi connectivity index (χ4v) is 1.72. The van der Waals surface area contributed by atoms with E-state index in [1.54, 1.807) is 0 Å². The Hall–Kier alpha value is -1.47. The van der Waals surface area contributed by atoms with Crippen LogP contribution >= 0.6 is 0 Å². The average Bonchev–Trinajstić information content (AvgIpc) is 2.15. The number of aliphatic imine (C=N–C) groups is 2. The van der Waals surface area contributed by atoms with Crippen molar-refractivity contribution in [1.29, 1.82) is 0 Å². The van der Waals surface area contributed by atoms with Gasteiger partial charge in [0.25, 0.3) is 0 Å². The molecule has 1 rings (SSSR count). The third-order valence-corrected chi connectivity index (χ3v) is 2.37. The van der Waals surface area contributed by atoms with Gasteiger partial charge >= 0.3 is 6.30 Å². The fraction of sp³-hybridized carbons (Fsp3) is 0.778. The zero-order valence-electron chi connectivity index (χ0n) is 9.30. The average molecular weight is 251 g/mol. The summed E-state index contributed by atoms with van der Waals surface area (Å²) in [5, 5.41) is 1.24. The summed E-state index contributed by atoms with van der Waals surface area (Å²) in [7, 11) is 0. The van der Waals surface area contributed by atoms with Crippen LogP contribution in [0.15, 0.2) is 9.98 Å². The van der Waals surface area contributed by atoms with Gasteiger partial charge in [-0.05, 0) is 12.8 Å². The first-order valence-corrected chi connectivity index (χ1v) is 5.39. The van der Waals surface area contributed by atoms with E-state index in [1.807, 2.05) is 0 Å². The minimum absolute atomic E-state index is 0.142. The Kier molecular flexibility index (Phi) is 4.59. The molecule has 0 saturated heterocycles. The molecule has 5 N–H and O–H groups in total. The molecule has 1 saturated carbocycles. The predicted molar refractivity (Wildman–Crippen MR) is 59.3 cm³/mol. The Morgan fingerprint density at radius 1 is 1.12 bits per heavy atom. The Morgan fingerprint density at radius 2 is 1.71 bits per heavy atom. The van der Waals surface area contributed by atoms with E-state index in [4.69, 9.17) is 11.5 Å². The van der Waals surface area contributed by atoms with Crippen LogP contribution in [0.3, 0.4) is 0 Å². The van der Waals surface area contributed by atoms with Crippen LogP contribution in [0.2, 0.25) is 0 Å². The Balaban J connectivity index is 2.73. The third kappa shape index (κ3) is 5.98. The number of guanidine groups is 2. The molecule has 0 aromatic heterocycles. The first-order valence-electron chi connectivity index (χ1n) is 5.39. The number of rotatable bonds is 1. The Morgan fingerprint density at radius 3 is 2.18 bits per heavy atom. The third-order valence-electron chi connectivity index (χ3n) is 2.37. The lowest BCUT2D eigenvalue weighted by Crippen LogP contribution is -2.39. The summed E-state index contributed by atoms with van der Waals surface area (Å²) >= 11 is 0. The summed E-state index contributed by atoms with van der Waals surface area (Å²) in [6.07, 6.45) is -0.0283. The molecule has 17 heavy (non-hydrogen) atoms.